The lowest BCUT2D eigenvalue weighted by Gasteiger charge is -2.19. The van der Waals surface area contributed by atoms with E-state index >= 15 is 0 Å². The van der Waals surface area contributed by atoms with E-state index in [2.05, 4.69) is 17.6 Å². The van der Waals surface area contributed by atoms with Gasteiger partial charge >= 0.3 is 0 Å². The fourth-order valence-electron chi connectivity index (χ4n) is 3.94. The van der Waals surface area contributed by atoms with Gasteiger partial charge in [0.15, 0.2) is 0 Å². The molecule has 2 amide bonds. The van der Waals surface area contributed by atoms with Crippen LogP contribution in [0.15, 0.2) is 48.5 Å². The quantitative estimate of drug-likeness (QED) is 0.528. The van der Waals surface area contributed by atoms with Crippen molar-refractivity contribution in [3.63, 3.8) is 0 Å². The highest BCUT2D eigenvalue weighted by Gasteiger charge is 2.29. The van der Waals surface area contributed by atoms with E-state index in [0.717, 1.165) is 29.7 Å². The number of carbonyl (C=O) groups excluding carboxylic acids is 2. The van der Waals surface area contributed by atoms with Gasteiger partial charge in [0.2, 0.25) is 0 Å². The van der Waals surface area contributed by atoms with Crippen LogP contribution in [0.5, 0.6) is 11.5 Å². The number of rotatable bonds is 6. The third-order valence-corrected chi connectivity index (χ3v) is 6.83. The lowest BCUT2D eigenvalue weighted by atomic mass is 9.88. The number of thiophene rings is 1. The van der Waals surface area contributed by atoms with E-state index in [4.69, 9.17) is 9.47 Å². The molecule has 0 fully saturated rings. The van der Waals surface area contributed by atoms with E-state index in [-0.39, 0.29) is 11.8 Å². The molecule has 0 bridgehead atoms. The molecule has 32 heavy (non-hydrogen) atoms. The Morgan fingerprint density at radius 2 is 1.78 bits per heavy atom. The number of nitrogens with one attached hydrogen (secondary N) is 2. The molecule has 166 valence electrons. The first-order valence-electron chi connectivity index (χ1n) is 10.5. The summed E-state index contributed by atoms with van der Waals surface area (Å²) < 4.78 is 10.7. The second-order valence-electron chi connectivity index (χ2n) is 7.90. The van der Waals surface area contributed by atoms with Crippen LogP contribution < -0.4 is 20.1 Å². The Morgan fingerprint density at radius 3 is 2.50 bits per heavy atom. The molecule has 0 saturated heterocycles. The molecular weight excluding hydrogens is 424 g/mol. The van der Waals surface area contributed by atoms with E-state index in [1.165, 1.54) is 11.3 Å². The zero-order valence-corrected chi connectivity index (χ0v) is 19.2. The maximum absolute atomic E-state index is 13.5. The Labute approximate surface area is 191 Å². The highest BCUT2D eigenvalue weighted by molar-refractivity contribution is 7.17. The van der Waals surface area contributed by atoms with Crippen LogP contribution in [-0.4, -0.2) is 26.0 Å². The van der Waals surface area contributed by atoms with E-state index in [9.17, 15) is 9.59 Å². The standard InChI is InChI=1S/C25H26N2O4S/c1-15-9-11-18-21(13-15)32-25(27-23(28)16-7-5-4-6-8-16)22(18)24(29)26-19-14-17(30-2)10-12-20(19)31-3/h4-8,10,12,14-15H,9,11,13H2,1-3H3,(H,26,29)(H,27,28). The van der Waals surface area contributed by atoms with Gasteiger partial charge in [0.05, 0.1) is 25.5 Å². The number of ether oxygens (including phenoxy) is 2. The lowest BCUT2D eigenvalue weighted by molar-refractivity contribution is 0.102. The predicted octanol–water partition coefficient (Wildman–Crippen LogP) is 5.39. The summed E-state index contributed by atoms with van der Waals surface area (Å²) in [5.41, 5.74) is 2.62. The van der Waals surface area contributed by atoms with Crippen LogP contribution in [0.4, 0.5) is 10.7 Å². The average Bonchev–Trinajstić information content (AvgIpc) is 3.16. The summed E-state index contributed by atoms with van der Waals surface area (Å²) in [6, 6.07) is 14.3. The van der Waals surface area contributed by atoms with E-state index in [1.807, 2.05) is 18.2 Å². The maximum atomic E-state index is 13.5. The number of carbonyl (C=O) groups is 2. The second-order valence-corrected chi connectivity index (χ2v) is 9.00. The third-order valence-electron chi connectivity index (χ3n) is 5.66. The van der Waals surface area contributed by atoms with Gasteiger partial charge in [-0.25, -0.2) is 0 Å². The molecule has 1 heterocycles. The molecule has 1 aromatic heterocycles. The Bertz CT molecular complexity index is 1140. The molecule has 1 aliphatic carbocycles. The number of anilines is 2. The summed E-state index contributed by atoms with van der Waals surface area (Å²) in [6.45, 7) is 2.21. The summed E-state index contributed by atoms with van der Waals surface area (Å²) in [4.78, 5) is 27.5. The van der Waals surface area contributed by atoms with Crippen LogP contribution in [0.1, 0.15) is 44.5 Å². The van der Waals surface area contributed by atoms with Crippen molar-refractivity contribution < 1.29 is 19.1 Å². The highest BCUT2D eigenvalue weighted by atomic mass is 32.1. The minimum absolute atomic E-state index is 0.231. The maximum Gasteiger partial charge on any atom is 0.259 e. The summed E-state index contributed by atoms with van der Waals surface area (Å²) in [7, 11) is 3.12. The number of benzene rings is 2. The first-order chi connectivity index (χ1) is 15.5. The molecular formula is C25H26N2O4S. The topological polar surface area (TPSA) is 76.7 Å². The van der Waals surface area contributed by atoms with Gasteiger partial charge < -0.3 is 20.1 Å². The number of hydrogen-bond acceptors (Lipinski definition) is 5. The van der Waals surface area contributed by atoms with Gasteiger partial charge in [-0.2, -0.15) is 0 Å². The van der Waals surface area contributed by atoms with Gasteiger partial charge in [-0.05, 0) is 55.0 Å². The Hall–Kier alpha value is -3.32. The fourth-order valence-corrected chi connectivity index (χ4v) is 5.34. The smallest absolute Gasteiger partial charge is 0.259 e. The summed E-state index contributed by atoms with van der Waals surface area (Å²) in [6.07, 6.45) is 2.73. The molecule has 4 rings (SSSR count). The van der Waals surface area contributed by atoms with Gasteiger partial charge in [-0.1, -0.05) is 25.1 Å². The summed E-state index contributed by atoms with van der Waals surface area (Å²) in [5, 5.41) is 6.53. The highest BCUT2D eigenvalue weighted by Crippen LogP contribution is 2.41. The van der Waals surface area contributed by atoms with Crippen molar-refractivity contribution in [2.45, 2.75) is 26.2 Å². The first-order valence-corrected chi connectivity index (χ1v) is 11.4. The zero-order valence-electron chi connectivity index (χ0n) is 18.4. The van der Waals surface area contributed by atoms with Crippen molar-refractivity contribution in [2.24, 2.45) is 5.92 Å². The Balaban J connectivity index is 1.69. The van der Waals surface area contributed by atoms with Crippen LogP contribution in [0.3, 0.4) is 0 Å². The van der Waals surface area contributed by atoms with Gasteiger partial charge in [0.25, 0.3) is 11.8 Å². The normalized spacial score (nSPS) is 14.9. The zero-order chi connectivity index (χ0) is 22.7. The number of amides is 2. The largest absolute Gasteiger partial charge is 0.497 e. The number of methoxy groups -OCH3 is 2. The monoisotopic (exact) mass is 450 g/mol. The molecule has 0 aliphatic heterocycles. The van der Waals surface area contributed by atoms with Crippen molar-refractivity contribution in [1.29, 1.82) is 0 Å². The van der Waals surface area contributed by atoms with Crippen molar-refractivity contribution in [1.82, 2.24) is 0 Å². The molecule has 1 atom stereocenters. The molecule has 0 spiro atoms. The van der Waals surface area contributed by atoms with Crippen molar-refractivity contribution >= 4 is 33.8 Å². The molecule has 3 aromatic rings. The van der Waals surface area contributed by atoms with Crippen LogP contribution >= 0.6 is 11.3 Å². The van der Waals surface area contributed by atoms with Crippen molar-refractivity contribution in [2.75, 3.05) is 24.9 Å². The minimum atomic E-state index is -0.271. The van der Waals surface area contributed by atoms with E-state index in [0.29, 0.717) is 39.2 Å². The first kappa shape index (κ1) is 21.9. The molecule has 6 nitrogen and oxygen atoms in total. The van der Waals surface area contributed by atoms with E-state index < -0.39 is 0 Å². The molecule has 2 aromatic carbocycles. The van der Waals surface area contributed by atoms with Crippen molar-refractivity contribution in [3.8, 4) is 11.5 Å². The van der Waals surface area contributed by atoms with E-state index in [1.54, 1.807) is 44.6 Å². The van der Waals surface area contributed by atoms with Gasteiger partial charge in [-0.3, -0.25) is 9.59 Å². The fraction of sp³-hybridized carbons (Fsp3) is 0.280. The summed E-state index contributed by atoms with van der Waals surface area (Å²) >= 11 is 1.50. The lowest BCUT2D eigenvalue weighted by Crippen LogP contribution is -2.19. The van der Waals surface area contributed by atoms with Gasteiger partial charge in [0.1, 0.15) is 16.5 Å². The molecule has 1 unspecified atom stereocenters. The number of fused-ring (bicyclic) bond motifs is 1. The molecule has 1 aliphatic rings. The molecule has 2 N–H and O–H groups in total. The second kappa shape index (κ2) is 9.44. The van der Waals surface area contributed by atoms with Gasteiger partial charge in [0, 0.05) is 16.5 Å². The number of hydrogen-bond donors (Lipinski definition) is 2. The van der Waals surface area contributed by atoms with Crippen molar-refractivity contribution in [3.05, 3.63) is 70.1 Å². The van der Waals surface area contributed by atoms with Crippen LogP contribution in [0.2, 0.25) is 0 Å². The molecule has 7 heteroatoms. The minimum Gasteiger partial charge on any atom is -0.497 e. The molecule has 0 saturated carbocycles. The Morgan fingerprint density at radius 1 is 1.00 bits per heavy atom. The summed E-state index contributed by atoms with van der Waals surface area (Å²) in [5.74, 6) is 1.19. The SMILES string of the molecule is COc1ccc(OC)c(NC(=O)c2c(NC(=O)c3ccccc3)sc3c2CCC(C)C3)c1. The van der Waals surface area contributed by atoms with Gasteiger partial charge in [-0.15, -0.1) is 11.3 Å². The predicted molar refractivity (Wildman–Crippen MR) is 127 cm³/mol. The third kappa shape index (κ3) is 4.48. The van der Waals surface area contributed by atoms with Crippen LogP contribution in [0, 0.1) is 5.92 Å². The molecule has 0 radical (unpaired) electrons. The van der Waals surface area contributed by atoms with Crippen LogP contribution in [-0.2, 0) is 12.8 Å². The van der Waals surface area contributed by atoms with Crippen LogP contribution in [0.25, 0.3) is 0 Å². The average molecular weight is 451 g/mol. The Kier molecular flexibility index (Phi) is 6.46.